The van der Waals surface area contributed by atoms with E-state index in [1.807, 2.05) is 0 Å². The van der Waals surface area contributed by atoms with Crippen LogP contribution < -0.4 is 4.74 Å². The molecule has 1 spiro atoms. The van der Waals surface area contributed by atoms with Gasteiger partial charge in [-0.2, -0.15) is 0 Å². The summed E-state index contributed by atoms with van der Waals surface area (Å²) in [6.07, 6.45) is 1.18. The number of ketones is 1. The molecule has 150 valence electrons. The van der Waals surface area contributed by atoms with Crippen LogP contribution >= 0.6 is 0 Å². The minimum Gasteiger partial charge on any atom is -0.504 e. The van der Waals surface area contributed by atoms with Gasteiger partial charge in [0.05, 0.1) is 25.6 Å². The number of Topliss-reactive ketones (excluding diaryl/α,β-unsaturated/α-hetero) is 1. The Bertz CT molecular complexity index is 928. The van der Waals surface area contributed by atoms with Crippen molar-refractivity contribution in [1.29, 1.82) is 0 Å². The zero-order valence-electron chi connectivity index (χ0n) is 15.9. The van der Waals surface area contributed by atoms with Crippen LogP contribution in [0.5, 0.6) is 17.2 Å². The minimum atomic E-state index is -1.30. The summed E-state index contributed by atoms with van der Waals surface area (Å²) in [7, 11) is 2.17. The van der Waals surface area contributed by atoms with Crippen LogP contribution in [0.1, 0.15) is 36.8 Å². The van der Waals surface area contributed by atoms with Gasteiger partial charge in [0.2, 0.25) is 11.5 Å². The van der Waals surface area contributed by atoms with Gasteiger partial charge in [-0.15, -0.1) is 0 Å². The van der Waals surface area contributed by atoms with E-state index >= 15 is 0 Å². The number of carbonyl (C=O) groups excluding carboxylic acids is 1. The zero-order valence-corrected chi connectivity index (χ0v) is 15.9. The average molecular weight is 388 g/mol. The summed E-state index contributed by atoms with van der Waals surface area (Å²) in [5.41, 5.74) is -0.756. The topological polar surface area (TPSA) is 107 Å². The maximum absolute atomic E-state index is 12.9. The summed E-state index contributed by atoms with van der Waals surface area (Å²) in [6, 6.07) is 1.37. The third-order valence-corrected chi connectivity index (χ3v) is 8.42. The molecule has 2 saturated carbocycles. The van der Waals surface area contributed by atoms with Crippen molar-refractivity contribution in [3.63, 3.8) is 0 Å². The van der Waals surface area contributed by atoms with Gasteiger partial charge < -0.3 is 29.6 Å². The van der Waals surface area contributed by atoms with Crippen molar-refractivity contribution in [2.75, 3.05) is 20.1 Å². The van der Waals surface area contributed by atoms with Crippen molar-refractivity contribution in [1.82, 2.24) is 0 Å². The molecule has 4 N–H and O–H groups in total. The molecule has 1 aromatic carbocycles. The fraction of sp³-hybridized carbons (Fsp3) is 0.667. The Morgan fingerprint density at radius 2 is 2.07 bits per heavy atom. The maximum Gasteiger partial charge on any atom is 0.202 e. The summed E-state index contributed by atoms with van der Waals surface area (Å²) in [6.45, 7) is 1.79. The number of likely N-dealkylation sites (N-methyl/N-ethyl adjacent to an activating group) is 1. The van der Waals surface area contributed by atoms with Gasteiger partial charge in [-0.1, -0.05) is 0 Å². The average Bonchev–Trinajstić information content (AvgIpc) is 3.35. The lowest BCUT2D eigenvalue weighted by Gasteiger charge is -2.64. The van der Waals surface area contributed by atoms with Crippen molar-refractivity contribution >= 4 is 5.78 Å². The Kier molecular flexibility index (Phi) is 2.94. The number of nitrogens with zero attached hydrogens (tertiary/aromatic N) is 1. The van der Waals surface area contributed by atoms with Crippen LogP contribution in [0.25, 0.3) is 0 Å². The highest BCUT2D eigenvalue weighted by Crippen LogP contribution is 2.66. The molecule has 7 heteroatoms. The van der Waals surface area contributed by atoms with Crippen molar-refractivity contribution < 1.29 is 34.4 Å². The highest BCUT2D eigenvalue weighted by molar-refractivity contribution is 5.93. The standard InChI is InChI=1S/C21H25NO6/c1-22(9-10-2-3-10)5-4-20-15-11-6-12(23)16(25)18(15)28-19(20)17(26)13(24)8-21(20,27)14(22)7-11/h6,10,13-14,19,24,27H,2-5,7-9H2,1H3,(H-,23,25)/p+1/t13?,14-,19+,20+,21-,22-/m1/s1. The van der Waals surface area contributed by atoms with Gasteiger partial charge >= 0.3 is 0 Å². The predicted molar refractivity (Wildman–Crippen MR) is 97.2 cm³/mol. The molecule has 0 radical (unpaired) electrons. The van der Waals surface area contributed by atoms with Crippen molar-refractivity contribution in [2.24, 2.45) is 5.92 Å². The molecule has 1 saturated heterocycles. The smallest absolute Gasteiger partial charge is 0.202 e. The van der Waals surface area contributed by atoms with Crippen LogP contribution in [-0.2, 0) is 16.6 Å². The maximum atomic E-state index is 12.9. The summed E-state index contributed by atoms with van der Waals surface area (Å²) in [4.78, 5) is 12.9. The van der Waals surface area contributed by atoms with E-state index in [1.165, 1.54) is 12.8 Å². The number of phenolic OH excluding ortho intramolecular Hbond substituents is 2. The summed E-state index contributed by atoms with van der Waals surface area (Å²) in [5.74, 6) is -0.316. The van der Waals surface area contributed by atoms with E-state index in [0.29, 0.717) is 28.8 Å². The van der Waals surface area contributed by atoms with Gasteiger partial charge in [-0.3, -0.25) is 4.79 Å². The number of quaternary nitrogens is 1. The highest BCUT2D eigenvalue weighted by atomic mass is 16.5. The monoisotopic (exact) mass is 388 g/mol. The lowest BCUT2D eigenvalue weighted by molar-refractivity contribution is -0.950. The molecule has 0 amide bonds. The number of hydrogen-bond donors (Lipinski definition) is 4. The Balaban J connectivity index is 1.62. The quantitative estimate of drug-likeness (QED) is 0.430. The molecule has 6 atom stereocenters. The summed E-state index contributed by atoms with van der Waals surface area (Å²) >= 11 is 0. The molecule has 6 rings (SSSR count). The molecule has 2 heterocycles. The number of rotatable bonds is 2. The van der Waals surface area contributed by atoms with E-state index in [-0.39, 0.29) is 29.7 Å². The first-order chi connectivity index (χ1) is 13.2. The number of hydrogen-bond acceptors (Lipinski definition) is 6. The Morgan fingerprint density at radius 1 is 1.32 bits per heavy atom. The molecular formula is C21H26NO6+. The van der Waals surface area contributed by atoms with Crippen molar-refractivity contribution in [3.05, 3.63) is 17.2 Å². The van der Waals surface area contributed by atoms with Crippen molar-refractivity contribution in [3.8, 4) is 17.2 Å². The van der Waals surface area contributed by atoms with Gasteiger partial charge in [0.1, 0.15) is 17.7 Å². The lowest BCUT2D eigenvalue weighted by atomic mass is 9.48. The fourth-order valence-corrected chi connectivity index (χ4v) is 7.01. The molecule has 3 aliphatic carbocycles. The SMILES string of the molecule is C[N@+]1(CC2CC2)CC[C@]23c4c5cc(O)c(O)c4O[C@H]2C(=O)C(O)C[C@@]3(O)[C@H]1C5. The van der Waals surface area contributed by atoms with E-state index in [4.69, 9.17) is 4.74 Å². The number of benzene rings is 1. The first-order valence-corrected chi connectivity index (χ1v) is 10.2. The largest absolute Gasteiger partial charge is 0.504 e. The van der Waals surface area contributed by atoms with Crippen LogP contribution in [-0.4, -0.2) is 74.7 Å². The fourth-order valence-electron chi connectivity index (χ4n) is 7.01. The molecule has 2 bridgehead atoms. The molecule has 1 unspecified atom stereocenters. The Hall–Kier alpha value is -1.83. The molecule has 2 aliphatic heterocycles. The number of aliphatic hydroxyl groups is 2. The van der Waals surface area contributed by atoms with E-state index < -0.39 is 29.0 Å². The normalized spacial score (nSPS) is 45.5. The number of aliphatic hydroxyl groups excluding tert-OH is 1. The number of likely N-dealkylation sites (tertiary alicyclic amines) is 1. The number of ether oxygens (including phenoxy) is 1. The first-order valence-electron chi connectivity index (χ1n) is 10.2. The molecule has 1 aromatic rings. The van der Waals surface area contributed by atoms with Crippen LogP contribution in [0.2, 0.25) is 0 Å². The van der Waals surface area contributed by atoms with Crippen LogP contribution in [0, 0.1) is 5.92 Å². The number of piperidine rings is 1. The highest BCUT2D eigenvalue weighted by Gasteiger charge is 2.78. The van der Waals surface area contributed by atoms with Gasteiger partial charge in [0.25, 0.3) is 0 Å². The van der Waals surface area contributed by atoms with Crippen molar-refractivity contribution in [2.45, 2.75) is 61.4 Å². The molecule has 5 aliphatic rings. The third-order valence-electron chi connectivity index (χ3n) is 8.42. The van der Waals surface area contributed by atoms with Crippen LogP contribution in [0.15, 0.2) is 6.07 Å². The Morgan fingerprint density at radius 3 is 2.79 bits per heavy atom. The number of carbonyl (C=O) groups is 1. The van der Waals surface area contributed by atoms with E-state index in [1.54, 1.807) is 6.07 Å². The number of phenols is 2. The number of aromatic hydroxyl groups is 2. The first kappa shape index (κ1) is 17.1. The van der Waals surface area contributed by atoms with Crippen LogP contribution in [0.4, 0.5) is 0 Å². The van der Waals surface area contributed by atoms with Gasteiger partial charge in [-0.05, 0) is 24.5 Å². The minimum absolute atomic E-state index is 0.00458. The van der Waals surface area contributed by atoms with E-state index in [9.17, 15) is 25.2 Å². The zero-order chi connectivity index (χ0) is 19.6. The Labute approximate surface area is 162 Å². The van der Waals surface area contributed by atoms with Crippen LogP contribution in [0.3, 0.4) is 0 Å². The van der Waals surface area contributed by atoms with Gasteiger partial charge in [0.15, 0.2) is 17.6 Å². The third kappa shape index (κ3) is 1.71. The second kappa shape index (κ2) is 4.83. The second-order valence-corrected chi connectivity index (χ2v) is 9.92. The van der Waals surface area contributed by atoms with Gasteiger partial charge in [0, 0.05) is 30.7 Å². The molecule has 3 fully saturated rings. The molecule has 0 aromatic heterocycles. The summed E-state index contributed by atoms with van der Waals surface area (Å²) < 4.78 is 6.61. The molecular weight excluding hydrogens is 362 g/mol. The van der Waals surface area contributed by atoms with E-state index in [2.05, 4.69) is 7.05 Å². The molecule has 7 nitrogen and oxygen atoms in total. The lowest BCUT2D eigenvalue weighted by Crippen LogP contribution is -2.82. The van der Waals surface area contributed by atoms with E-state index in [0.717, 1.165) is 18.7 Å². The summed E-state index contributed by atoms with van der Waals surface area (Å²) in [5, 5.41) is 43.4. The second-order valence-electron chi connectivity index (χ2n) is 9.92. The predicted octanol–water partition coefficient (Wildman–Crippen LogP) is 0.346. The molecule has 28 heavy (non-hydrogen) atoms. The van der Waals surface area contributed by atoms with Gasteiger partial charge in [-0.25, -0.2) is 0 Å².